The average molecular weight is 166 g/mol. The quantitative estimate of drug-likeness (QED) is 0.363. The Bertz CT molecular complexity index is 192. The number of hydrogen-bond donors (Lipinski definition) is 1. The highest BCUT2D eigenvalue weighted by atomic mass is 15.1. The molecule has 0 aliphatic heterocycles. The second kappa shape index (κ2) is 4.96. The van der Waals surface area contributed by atoms with Gasteiger partial charge in [0, 0.05) is 0 Å². The summed E-state index contributed by atoms with van der Waals surface area (Å²) in [6.07, 6.45) is 10.00. The van der Waals surface area contributed by atoms with Crippen molar-refractivity contribution in [2.75, 3.05) is 0 Å². The Kier molecular flexibility index (Phi) is 3.85. The van der Waals surface area contributed by atoms with E-state index in [1.54, 1.807) is 0 Å². The van der Waals surface area contributed by atoms with E-state index >= 15 is 0 Å². The Balaban J connectivity index is 2.59. The van der Waals surface area contributed by atoms with Gasteiger partial charge in [-0.15, -0.1) is 0 Å². The SMILES string of the molecule is CC(=N/N)/C1=C/CCCCCC1. The fourth-order valence-corrected chi connectivity index (χ4v) is 1.60. The van der Waals surface area contributed by atoms with Gasteiger partial charge in [0.25, 0.3) is 0 Å². The van der Waals surface area contributed by atoms with Gasteiger partial charge in [0.15, 0.2) is 0 Å². The van der Waals surface area contributed by atoms with Gasteiger partial charge in [0.05, 0.1) is 5.71 Å². The van der Waals surface area contributed by atoms with Crippen molar-refractivity contribution in [2.45, 2.75) is 45.4 Å². The first-order valence-electron chi connectivity index (χ1n) is 4.78. The molecular formula is C10H18N2. The van der Waals surface area contributed by atoms with Crippen molar-refractivity contribution >= 4 is 5.71 Å². The first-order valence-corrected chi connectivity index (χ1v) is 4.78. The minimum atomic E-state index is 1.01. The van der Waals surface area contributed by atoms with Crippen LogP contribution in [0.3, 0.4) is 0 Å². The molecule has 1 aliphatic rings. The van der Waals surface area contributed by atoms with Gasteiger partial charge in [-0.25, -0.2) is 0 Å². The van der Waals surface area contributed by atoms with Gasteiger partial charge in [-0.2, -0.15) is 5.10 Å². The first-order chi connectivity index (χ1) is 5.84. The molecule has 0 bridgehead atoms. The van der Waals surface area contributed by atoms with Crippen molar-refractivity contribution in [3.63, 3.8) is 0 Å². The van der Waals surface area contributed by atoms with Crippen LogP contribution in [0.25, 0.3) is 0 Å². The summed E-state index contributed by atoms with van der Waals surface area (Å²) in [6.45, 7) is 1.99. The lowest BCUT2D eigenvalue weighted by molar-refractivity contribution is 0.632. The Morgan fingerprint density at radius 1 is 1.33 bits per heavy atom. The normalized spacial score (nSPS) is 25.4. The maximum atomic E-state index is 5.24. The molecule has 0 radical (unpaired) electrons. The van der Waals surface area contributed by atoms with Crippen molar-refractivity contribution in [1.82, 2.24) is 0 Å². The van der Waals surface area contributed by atoms with Crippen LogP contribution in [-0.2, 0) is 0 Å². The fraction of sp³-hybridized carbons (Fsp3) is 0.700. The average Bonchev–Trinajstić information content (AvgIpc) is 2.02. The molecule has 12 heavy (non-hydrogen) atoms. The smallest absolute Gasteiger partial charge is 0.0598 e. The summed E-state index contributed by atoms with van der Waals surface area (Å²) in [5, 5.41) is 3.73. The van der Waals surface area contributed by atoms with Crippen molar-refractivity contribution in [3.8, 4) is 0 Å². The molecule has 0 atom stereocenters. The molecule has 0 spiro atoms. The second-order valence-corrected chi connectivity index (χ2v) is 3.40. The number of hydrazone groups is 1. The van der Waals surface area contributed by atoms with Crippen LogP contribution in [0, 0.1) is 0 Å². The van der Waals surface area contributed by atoms with E-state index in [2.05, 4.69) is 11.2 Å². The standard InChI is InChI=1S/C10H18N2/c1-9(12-11)10-7-5-3-2-4-6-8-10/h7H,2-6,8,11H2,1H3/b10-7+,12-9-. The number of nitrogens with zero attached hydrogens (tertiary/aromatic N) is 1. The van der Waals surface area contributed by atoms with Crippen LogP contribution in [0.15, 0.2) is 16.8 Å². The molecule has 1 aliphatic carbocycles. The van der Waals surface area contributed by atoms with Gasteiger partial charge in [-0.05, 0) is 38.2 Å². The van der Waals surface area contributed by atoms with Gasteiger partial charge in [0.2, 0.25) is 0 Å². The summed E-state index contributed by atoms with van der Waals surface area (Å²) >= 11 is 0. The summed E-state index contributed by atoms with van der Waals surface area (Å²) in [4.78, 5) is 0. The topological polar surface area (TPSA) is 38.4 Å². The Morgan fingerprint density at radius 3 is 2.83 bits per heavy atom. The Labute approximate surface area is 74.5 Å². The van der Waals surface area contributed by atoms with Crippen molar-refractivity contribution < 1.29 is 0 Å². The summed E-state index contributed by atoms with van der Waals surface area (Å²) in [6, 6.07) is 0. The van der Waals surface area contributed by atoms with Crippen LogP contribution in [0.5, 0.6) is 0 Å². The summed E-state index contributed by atoms with van der Waals surface area (Å²) < 4.78 is 0. The zero-order valence-electron chi connectivity index (χ0n) is 7.84. The van der Waals surface area contributed by atoms with Crippen molar-refractivity contribution in [1.29, 1.82) is 0 Å². The molecule has 0 saturated heterocycles. The lowest BCUT2D eigenvalue weighted by Gasteiger charge is -2.09. The van der Waals surface area contributed by atoms with Gasteiger partial charge < -0.3 is 5.84 Å². The second-order valence-electron chi connectivity index (χ2n) is 3.40. The van der Waals surface area contributed by atoms with Crippen molar-refractivity contribution in [2.24, 2.45) is 10.9 Å². The van der Waals surface area contributed by atoms with Crippen LogP contribution < -0.4 is 5.84 Å². The van der Waals surface area contributed by atoms with E-state index < -0.39 is 0 Å². The van der Waals surface area contributed by atoms with Crippen LogP contribution in [0.1, 0.15) is 45.4 Å². The highest BCUT2D eigenvalue weighted by Crippen LogP contribution is 2.17. The largest absolute Gasteiger partial charge is 0.323 e. The third kappa shape index (κ3) is 2.68. The zero-order chi connectivity index (χ0) is 8.81. The molecule has 0 heterocycles. The monoisotopic (exact) mass is 166 g/mol. The fourth-order valence-electron chi connectivity index (χ4n) is 1.60. The number of hydrogen-bond acceptors (Lipinski definition) is 2. The number of nitrogens with two attached hydrogens (primary N) is 1. The van der Waals surface area contributed by atoms with Gasteiger partial charge in [-0.3, -0.25) is 0 Å². The van der Waals surface area contributed by atoms with E-state index in [9.17, 15) is 0 Å². The highest BCUT2D eigenvalue weighted by molar-refractivity contribution is 5.97. The van der Waals surface area contributed by atoms with E-state index in [0.29, 0.717) is 0 Å². The minimum Gasteiger partial charge on any atom is -0.323 e. The van der Waals surface area contributed by atoms with E-state index in [4.69, 9.17) is 5.84 Å². The molecular weight excluding hydrogens is 148 g/mol. The molecule has 0 amide bonds. The lowest BCUT2D eigenvalue weighted by Crippen LogP contribution is -2.02. The van der Waals surface area contributed by atoms with E-state index in [-0.39, 0.29) is 0 Å². The van der Waals surface area contributed by atoms with Crippen LogP contribution in [0.4, 0.5) is 0 Å². The summed E-state index contributed by atoms with van der Waals surface area (Å²) in [7, 11) is 0. The third-order valence-corrected chi connectivity index (χ3v) is 2.45. The maximum Gasteiger partial charge on any atom is 0.0598 e. The first kappa shape index (κ1) is 9.30. The molecule has 2 N–H and O–H groups in total. The maximum absolute atomic E-state index is 5.24. The predicted octanol–water partition coefficient (Wildman–Crippen LogP) is 2.60. The molecule has 0 unspecified atom stereocenters. The third-order valence-electron chi connectivity index (χ3n) is 2.45. The number of rotatable bonds is 1. The molecule has 0 aromatic heterocycles. The van der Waals surface area contributed by atoms with E-state index in [1.165, 1.54) is 37.7 Å². The van der Waals surface area contributed by atoms with Crippen molar-refractivity contribution in [3.05, 3.63) is 11.6 Å². The summed E-state index contributed by atoms with van der Waals surface area (Å²) in [5.41, 5.74) is 2.37. The molecule has 0 aromatic rings. The molecule has 1 rings (SSSR count). The molecule has 0 aromatic carbocycles. The van der Waals surface area contributed by atoms with E-state index in [0.717, 1.165) is 12.1 Å². The van der Waals surface area contributed by atoms with Gasteiger partial charge in [-0.1, -0.05) is 18.9 Å². The molecule has 2 heteroatoms. The van der Waals surface area contributed by atoms with Gasteiger partial charge >= 0.3 is 0 Å². The Morgan fingerprint density at radius 2 is 2.08 bits per heavy atom. The van der Waals surface area contributed by atoms with Crippen LogP contribution in [0.2, 0.25) is 0 Å². The molecule has 0 fully saturated rings. The van der Waals surface area contributed by atoms with Crippen LogP contribution >= 0.6 is 0 Å². The lowest BCUT2D eigenvalue weighted by atomic mass is 9.97. The summed E-state index contributed by atoms with van der Waals surface area (Å²) in [5.74, 6) is 5.24. The Hall–Kier alpha value is -0.790. The molecule has 2 nitrogen and oxygen atoms in total. The minimum absolute atomic E-state index is 1.01. The van der Waals surface area contributed by atoms with E-state index in [1.807, 2.05) is 6.92 Å². The van der Waals surface area contributed by atoms with Gasteiger partial charge in [0.1, 0.15) is 0 Å². The number of allylic oxidation sites excluding steroid dienone is 2. The van der Waals surface area contributed by atoms with Crippen LogP contribution in [-0.4, -0.2) is 5.71 Å². The highest BCUT2D eigenvalue weighted by Gasteiger charge is 2.03. The molecule has 0 saturated carbocycles. The molecule has 68 valence electrons. The zero-order valence-corrected chi connectivity index (χ0v) is 7.84. The predicted molar refractivity (Wildman–Crippen MR) is 53.1 cm³/mol.